The molecular formula is C4H11NO3S2. The molecule has 0 amide bonds. The van der Waals surface area contributed by atoms with Crippen molar-refractivity contribution >= 4 is 21.9 Å². The van der Waals surface area contributed by atoms with Crippen molar-refractivity contribution < 1.29 is 13.0 Å². The molecule has 0 bridgehead atoms. The first-order valence-electron chi connectivity index (χ1n) is 2.71. The second-order valence-electron chi connectivity index (χ2n) is 1.72. The lowest BCUT2D eigenvalue weighted by Gasteiger charge is -1.98. The summed E-state index contributed by atoms with van der Waals surface area (Å²) in [5, 5.41) is 2.82. The summed E-state index contributed by atoms with van der Waals surface area (Å²) in [6.45, 7) is 0.305. The minimum Gasteiger partial charge on any atom is -0.307 e. The zero-order valence-corrected chi connectivity index (χ0v) is 7.33. The Morgan fingerprint density at radius 1 is 1.60 bits per heavy atom. The van der Waals surface area contributed by atoms with Crippen LogP contribution in [0.4, 0.5) is 0 Å². The van der Waals surface area contributed by atoms with Gasteiger partial charge in [-0.25, -0.2) is 0 Å². The lowest BCUT2D eigenvalue weighted by molar-refractivity contribution is 0.481. The number of thioether (sulfide) groups is 1. The van der Waals surface area contributed by atoms with Crippen LogP contribution in [0.15, 0.2) is 0 Å². The third-order valence-corrected chi connectivity index (χ3v) is 2.00. The molecule has 0 saturated heterocycles. The quantitative estimate of drug-likeness (QED) is 0.352. The van der Waals surface area contributed by atoms with E-state index in [2.05, 4.69) is 5.32 Å². The van der Waals surface area contributed by atoms with Crippen LogP contribution in [-0.4, -0.2) is 37.4 Å². The molecule has 0 radical (unpaired) electrons. The minimum absolute atomic E-state index is 0.215. The van der Waals surface area contributed by atoms with Crippen LogP contribution in [0.3, 0.4) is 0 Å². The molecule has 10 heavy (non-hydrogen) atoms. The van der Waals surface area contributed by atoms with Gasteiger partial charge in [-0.2, -0.15) is 8.42 Å². The highest BCUT2D eigenvalue weighted by molar-refractivity contribution is 7.98. The van der Waals surface area contributed by atoms with E-state index in [9.17, 15) is 8.42 Å². The maximum absolute atomic E-state index is 10.1. The number of hydrogen-bond acceptors (Lipinski definition) is 4. The van der Waals surface area contributed by atoms with Gasteiger partial charge in [0.05, 0.1) is 5.75 Å². The van der Waals surface area contributed by atoms with Gasteiger partial charge in [0, 0.05) is 12.4 Å². The topological polar surface area (TPSA) is 66.4 Å². The summed E-state index contributed by atoms with van der Waals surface area (Å²) in [5.74, 6) is 0.489. The molecule has 0 aliphatic rings. The molecule has 0 saturated carbocycles. The first kappa shape index (κ1) is 10.2. The standard InChI is InChI=1S/C4H11NO3S2/c1-9-4-5-2-3-10(6,7)8/h5H,2-4H2,1H3,(H,6,7,8). The Labute approximate surface area is 65.1 Å². The molecule has 0 aliphatic heterocycles. The molecule has 0 rings (SSSR count). The van der Waals surface area contributed by atoms with E-state index in [-0.39, 0.29) is 5.75 Å². The van der Waals surface area contributed by atoms with Gasteiger partial charge in [-0.3, -0.25) is 4.55 Å². The highest BCUT2D eigenvalue weighted by Gasteiger charge is 2.01. The number of hydrogen-bond donors (Lipinski definition) is 2. The Kier molecular flexibility index (Phi) is 5.06. The predicted molar refractivity (Wildman–Crippen MR) is 42.8 cm³/mol. The number of nitrogens with one attached hydrogen (secondary N) is 1. The van der Waals surface area contributed by atoms with E-state index >= 15 is 0 Å². The Balaban J connectivity index is 3.21. The molecule has 0 aliphatic carbocycles. The second-order valence-corrected chi connectivity index (χ2v) is 4.16. The van der Waals surface area contributed by atoms with E-state index in [0.29, 0.717) is 12.4 Å². The minimum atomic E-state index is -3.78. The highest BCUT2D eigenvalue weighted by atomic mass is 32.2. The summed E-state index contributed by atoms with van der Waals surface area (Å²) in [5.41, 5.74) is 0. The SMILES string of the molecule is CSCNCCS(=O)(=O)O. The maximum Gasteiger partial charge on any atom is 0.266 e. The van der Waals surface area contributed by atoms with Crippen molar-refractivity contribution in [1.29, 1.82) is 0 Å². The van der Waals surface area contributed by atoms with Crippen LogP contribution in [0, 0.1) is 0 Å². The molecule has 0 heterocycles. The molecular weight excluding hydrogens is 174 g/mol. The first-order valence-corrected chi connectivity index (χ1v) is 5.71. The summed E-state index contributed by atoms with van der Waals surface area (Å²) >= 11 is 1.56. The fourth-order valence-corrected chi connectivity index (χ4v) is 1.13. The van der Waals surface area contributed by atoms with Crippen molar-refractivity contribution in [3.05, 3.63) is 0 Å². The zero-order chi connectivity index (χ0) is 8.04. The smallest absolute Gasteiger partial charge is 0.266 e. The van der Waals surface area contributed by atoms with E-state index in [1.165, 1.54) is 0 Å². The van der Waals surface area contributed by atoms with Crippen LogP contribution in [0.2, 0.25) is 0 Å². The van der Waals surface area contributed by atoms with Crippen molar-refractivity contribution in [1.82, 2.24) is 5.32 Å². The summed E-state index contributed by atoms with van der Waals surface area (Å²) in [7, 11) is -3.78. The second kappa shape index (κ2) is 4.95. The van der Waals surface area contributed by atoms with Gasteiger partial charge < -0.3 is 5.32 Å². The Morgan fingerprint density at radius 2 is 2.20 bits per heavy atom. The molecule has 0 unspecified atom stereocenters. The Morgan fingerprint density at radius 3 is 2.60 bits per heavy atom. The van der Waals surface area contributed by atoms with Crippen molar-refractivity contribution in [3.8, 4) is 0 Å². The fraction of sp³-hybridized carbons (Fsp3) is 1.00. The van der Waals surface area contributed by atoms with Crippen LogP contribution >= 0.6 is 11.8 Å². The lowest BCUT2D eigenvalue weighted by Crippen LogP contribution is -2.21. The third kappa shape index (κ3) is 8.22. The van der Waals surface area contributed by atoms with Gasteiger partial charge >= 0.3 is 0 Å². The maximum atomic E-state index is 10.1. The van der Waals surface area contributed by atoms with E-state index < -0.39 is 10.1 Å². The normalized spacial score (nSPS) is 11.8. The molecule has 2 N–H and O–H groups in total. The molecule has 0 aromatic rings. The Bertz CT molecular complexity index is 165. The van der Waals surface area contributed by atoms with Crippen molar-refractivity contribution in [2.24, 2.45) is 0 Å². The summed E-state index contributed by atoms with van der Waals surface area (Å²) in [4.78, 5) is 0. The fourth-order valence-electron chi connectivity index (χ4n) is 0.375. The largest absolute Gasteiger partial charge is 0.307 e. The van der Waals surface area contributed by atoms with Crippen LogP contribution < -0.4 is 5.32 Å². The van der Waals surface area contributed by atoms with Gasteiger partial charge in [-0.05, 0) is 6.26 Å². The average Bonchev–Trinajstić information content (AvgIpc) is 1.78. The van der Waals surface area contributed by atoms with Gasteiger partial charge in [0.2, 0.25) is 0 Å². The van der Waals surface area contributed by atoms with E-state index in [0.717, 1.165) is 0 Å². The van der Waals surface area contributed by atoms with Crippen molar-refractivity contribution in [3.63, 3.8) is 0 Å². The van der Waals surface area contributed by atoms with Gasteiger partial charge in [0.25, 0.3) is 10.1 Å². The number of rotatable bonds is 5. The molecule has 0 fully saturated rings. The molecule has 0 aromatic heterocycles. The van der Waals surface area contributed by atoms with Crippen molar-refractivity contribution in [2.45, 2.75) is 0 Å². The molecule has 0 aromatic carbocycles. The molecule has 6 heteroatoms. The van der Waals surface area contributed by atoms with Crippen LogP contribution in [-0.2, 0) is 10.1 Å². The van der Waals surface area contributed by atoms with Crippen molar-refractivity contribution in [2.75, 3.05) is 24.4 Å². The van der Waals surface area contributed by atoms with Gasteiger partial charge in [0.1, 0.15) is 0 Å². The van der Waals surface area contributed by atoms with Crippen LogP contribution in [0.25, 0.3) is 0 Å². The van der Waals surface area contributed by atoms with Gasteiger partial charge in [-0.15, -0.1) is 11.8 Å². The lowest BCUT2D eigenvalue weighted by atomic mass is 10.8. The van der Waals surface area contributed by atoms with Crippen LogP contribution in [0.1, 0.15) is 0 Å². The summed E-state index contributed by atoms with van der Waals surface area (Å²) in [6, 6.07) is 0. The molecule has 0 atom stereocenters. The van der Waals surface area contributed by atoms with E-state index in [4.69, 9.17) is 4.55 Å². The van der Waals surface area contributed by atoms with Gasteiger partial charge in [-0.1, -0.05) is 0 Å². The first-order chi connectivity index (χ1) is 4.56. The molecule has 62 valence electrons. The predicted octanol–water partition coefficient (Wildman–Crippen LogP) is -0.216. The third-order valence-electron chi connectivity index (χ3n) is 0.783. The highest BCUT2D eigenvalue weighted by Crippen LogP contribution is 1.85. The monoisotopic (exact) mass is 185 g/mol. The zero-order valence-electron chi connectivity index (χ0n) is 5.70. The van der Waals surface area contributed by atoms with E-state index in [1.807, 2.05) is 6.26 Å². The average molecular weight is 185 g/mol. The molecule has 0 spiro atoms. The van der Waals surface area contributed by atoms with E-state index in [1.54, 1.807) is 11.8 Å². The Hall–Kier alpha value is 0.220. The summed E-state index contributed by atoms with van der Waals surface area (Å²) in [6.07, 6.45) is 1.90. The van der Waals surface area contributed by atoms with Gasteiger partial charge in [0.15, 0.2) is 0 Å². The van der Waals surface area contributed by atoms with Crippen LogP contribution in [0.5, 0.6) is 0 Å². The summed E-state index contributed by atoms with van der Waals surface area (Å²) < 4.78 is 28.4. The molecule has 4 nitrogen and oxygen atoms in total.